The number of H-pyrrole nitrogens is 1. The molecule has 2 aliphatic rings. The summed E-state index contributed by atoms with van der Waals surface area (Å²) in [5.74, 6) is 0. The van der Waals surface area contributed by atoms with Gasteiger partial charge in [-0.2, -0.15) is 15.4 Å². The van der Waals surface area contributed by atoms with Crippen molar-refractivity contribution in [3.8, 4) is 11.3 Å². The zero-order chi connectivity index (χ0) is 14.9. The summed E-state index contributed by atoms with van der Waals surface area (Å²) in [6.45, 7) is 6.83. The molecule has 2 aromatic rings. The molecule has 0 aliphatic carbocycles. The number of aromatic nitrogens is 3. The van der Waals surface area contributed by atoms with Crippen molar-refractivity contribution in [3.05, 3.63) is 36.0 Å². The van der Waals surface area contributed by atoms with Crippen molar-refractivity contribution in [2.24, 2.45) is 0 Å². The maximum Gasteiger partial charge on any atom is 0.117 e. The number of nitrogens with zero attached hydrogens (tertiary/aromatic N) is 4. The number of rotatable bonds is 3. The Morgan fingerprint density at radius 1 is 1.18 bits per heavy atom. The van der Waals surface area contributed by atoms with Gasteiger partial charge >= 0.3 is 0 Å². The maximum atomic E-state index is 4.42. The van der Waals surface area contributed by atoms with Crippen LogP contribution in [0, 0.1) is 0 Å². The van der Waals surface area contributed by atoms with Gasteiger partial charge in [-0.15, -0.1) is 0 Å². The van der Waals surface area contributed by atoms with Crippen LogP contribution in [-0.2, 0) is 6.54 Å². The lowest BCUT2D eigenvalue weighted by molar-refractivity contribution is 0.0533. The van der Waals surface area contributed by atoms with Crippen molar-refractivity contribution in [3.63, 3.8) is 0 Å². The highest BCUT2D eigenvalue weighted by atomic mass is 15.4. The molecule has 0 amide bonds. The second-order valence-corrected chi connectivity index (χ2v) is 6.55. The van der Waals surface area contributed by atoms with Crippen molar-refractivity contribution in [2.45, 2.75) is 38.4 Å². The Bertz CT molecular complexity index is 623. The van der Waals surface area contributed by atoms with Crippen LogP contribution in [-0.4, -0.2) is 56.9 Å². The molecule has 0 bridgehead atoms. The van der Waals surface area contributed by atoms with Crippen LogP contribution in [0.5, 0.6) is 0 Å². The highest BCUT2D eigenvalue weighted by Gasteiger charge is 2.34. The predicted octanol–water partition coefficient (Wildman–Crippen LogP) is 2.14. The first kappa shape index (κ1) is 13.9. The Labute approximate surface area is 131 Å². The number of hydrogen-bond acceptors (Lipinski definition) is 4. The smallest absolute Gasteiger partial charge is 0.117 e. The highest BCUT2D eigenvalue weighted by Crippen LogP contribution is 2.27. The molecule has 5 nitrogen and oxygen atoms in total. The Morgan fingerprint density at radius 3 is 2.91 bits per heavy atom. The fraction of sp³-hybridized carbons (Fsp3) is 0.529. The summed E-state index contributed by atoms with van der Waals surface area (Å²) in [6.07, 6.45) is 2.69. The van der Waals surface area contributed by atoms with E-state index in [1.165, 1.54) is 25.9 Å². The second-order valence-electron chi connectivity index (χ2n) is 6.55. The summed E-state index contributed by atoms with van der Waals surface area (Å²) in [5, 5.41) is 11.6. The van der Waals surface area contributed by atoms with Crippen LogP contribution in [0.3, 0.4) is 0 Å². The van der Waals surface area contributed by atoms with Gasteiger partial charge in [-0.3, -0.25) is 9.80 Å². The Kier molecular flexibility index (Phi) is 3.68. The van der Waals surface area contributed by atoms with Gasteiger partial charge in [0.1, 0.15) is 11.4 Å². The first-order chi connectivity index (χ1) is 10.8. The molecule has 116 valence electrons. The van der Waals surface area contributed by atoms with Crippen LogP contribution < -0.4 is 0 Å². The van der Waals surface area contributed by atoms with Gasteiger partial charge in [0.25, 0.3) is 0 Å². The summed E-state index contributed by atoms with van der Waals surface area (Å²) in [4.78, 5) is 5.22. The molecular formula is C17H23N5. The molecule has 0 spiro atoms. The number of benzene rings is 1. The molecule has 4 rings (SSSR count). The largest absolute Gasteiger partial charge is 0.298 e. The Hall–Kier alpha value is -1.72. The standard InChI is InChI=1S/C17H23N5/c1-13-10-21-9-5-8-15(21)11-22(13)12-16-17(19-20-18-16)14-6-3-2-4-7-14/h2-4,6-7,13,15H,5,8-12H2,1H3,(H,18,19,20)/t13-,15-/m1/s1. The zero-order valence-corrected chi connectivity index (χ0v) is 13.1. The molecule has 0 unspecified atom stereocenters. The van der Waals surface area contributed by atoms with Gasteiger partial charge in [0.2, 0.25) is 0 Å². The Balaban J connectivity index is 1.53. The lowest BCUT2D eigenvalue weighted by Crippen LogP contribution is -2.54. The van der Waals surface area contributed by atoms with Crippen LogP contribution in [0.1, 0.15) is 25.5 Å². The van der Waals surface area contributed by atoms with Crippen LogP contribution in [0.2, 0.25) is 0 Å². The zero-order valence-electron chi connectivity index (χ0n) is 13.1. The van der Waals surface area contributed by atoms with E-state index in [2.05, 4.69) is 44.3 Å². The van der Waals surface area contributed by atoms with Gasteiger partial charge in [0, 0.05) is 37.3 Å². The number of piperazine rings is 1. The van der Waals surface area contributed by atoms with Gasteiger partial charge in [0.05, 0.1) is 0 Å². The van der Waals surface area contributed by atoms with Crippen LogP contribution in [0.4, 0.5) is 0 Å². The number of aromatic amines is 1. The van der Waals surface area contributed by atoms with Gasteiger partial charge in [-0.1, -0.05) is 30.3 Å². The summed E-state index contributed by atoms with van der Waals surface area (Å²) >= 11 is 0. The van der Waals surface area contributed by atoms with Crippen LogP contribution in [0.25, 0.3) is 11.3 Å². The molecule has 2 saturated heterocycles. The first-order valence-corrected chi connectivity index (χ1v) is 8.24. The third-order valence-corrected chi connectivity index (χ3v) is 5.09. The highest BCUT2D eigenvalue weighted by molar-refractivity contribution is 5.60. The normalized spacial score (nSPS) is 26.2. The van der Waals surface area contributed by atoms with Crippen molar-refractivity contribution in [1.82, 2.24) is 25.2 Å². The molecule has 1 aromatic heterocycles. The quantitative estimate of drug-likeness (QED) is 0.943. The van der Waals surface area contributed by atoms with E-state index < -0.39 is 0 Å². The monoisotopic (exact) mass is 297 g/mol. The molecular weight excluding hydrogens is 274 g/mol. The minimum absolute atomic E-state index is 0.578. The van der Waals surface area contributed by atoms with Gasteiger partial charge in [0.15, 0.2) is 0 Å². The number of fused-ring (bicyclic) bond motifs is 1. The molecule has 5 heteroatoms. The summed E-state index contributed by atoms with van der Waals surface area (Å²) < 4.78 is 0. The van der Waals surface area contributed by atoms with Crippen LogP contribution in [0.15, 0.2) is 30.3 Å². The van der Waals surface area contributed by atoms with Gasteiger partial charge in [-0.05, 0) is 26.3 Å². The Morgan fingerprint density at radius 2 is 2.05 bits per heavy atom. The van der Waals surface area contributed by atoms with Crippen molar-refractivity contribution < 1.29 is 0 Å². The van der Waals surface area contributed by atoms with E-state index in [4.69, 9.17) is 0 Å². The van der Waals surface area contributed by atoms with E-state index >= 15 is 0 Å². The molecule has 22 heavy (non-hydrogen) atoms. The van der Waals surface area contributed by atoms with E-state index in [9.17, 15) is 0 Å². The average molecular weight is 297 g/mol. The van der Waals surface area contributed by atoms with Crippen molar-refractivity contribution in [1.29, 1.82) is 0 Å². The topological polar surface area (TPSA) is 48.0 Å². The van der Waals surface area contributed by atoms with E-state index in [-0.39, 0.29) is 0 Å². The van der Waals surface area contributed by atoms with E-state index in [0.29, 0.717) is 6.04 Å². The first-order valence-electron chi connectivity index (χ1n) is 8.24. The third-order valence-electron chi connectivity index (χ3n) is 5.09. The lowest BCUT2D eigenvalue weighted by atomic mass is 10.1. The fourth-order valence-corrected chi connectivity index (χ4v) is 3.85. The average Bonchev–Trinajstić information content (AvgIpc) is 3.17. The number of hydrogen-bond donors (Lipinski definition) is 1. The summed E-state index contributed by atoms with van der Waals surface area (Å²) in [5.41, 5.74) is 3.18. The minimum Gasteiger partial charge on any atom is -0.298 e. The molecule has 1 N–H and O–H groups in total. The molecule has 2 aliphatic heterocycles. The van der Waals surface area contributed by atoms with Crippen LogP contribution >= 0.6 is 0 Å². The van der Waals surface area contributed by atoms with E-state index in [1.807, 2.05) is 18.2 Å². The second kappa shape index (κ2) is 5.82. The van der Waals surface area contributed by atoms with E-state index in [0.717, 1.165) is 36.1 Å². The number of nitrogens with one attached hydrogen (secondary N) is 1. The SMILES string of the molecule is C[C@@H]1CN2CCC[C@@H]2CN1Cc1n[nH]nc1-c1ccccc1. The maximum absolute atomic E-state index is 4.42. The fourth-order valence-electron chi connectivity index (χ4n) is 3.85. The van der Waals surface area contributed by atoms with Gasteiger partial charge in [-0.25, -0.2) is 0 Å². The predicted molar refractivity (Wildman–Crippen MR) is 86.3 cm³/mol. The molecule has 0 saturated carbocycles. The van der Waals surface area contributed by atoms with Crippen molar-refractivity contribution in [2.75, 3.05) is 19.6 Å². The molecule has 2 fully saturated rings. The molecule has 3 heterocycles. The van der Waals surface area contributed by atoms with Gasteiger partial charge < -0.3 is 0 Å². The summed E-state index contributed by atoms with van der Waals surface area (Å²) in [7, 11) is 0. The molecule has 0 radical (unpaired) electrons. The van der Waals surface area contributed by atoms with E-state index in [1.54, 1.807) is 0 Å². The molecule has 2 atom stereocenters. The summed E-state index contributed by atoms with van der Waals surface area (Å²) in [6, 6.07) is 11.6. The lowest BCUT2D eigenvalue weighted by Gasteiger charge is -2.42. The third kappa shape index (κ3) is 2.55. The molecule has 1 aromatic carbocycles. The van der Waals surface area contributed by atoms with Crippen molar-refractivity contribution >= 4 is 0 Å². The minimum atomic E-state index is 0.578.